The van der Waals surface area contributed by atoms with E-state index < -0.39 is 37.3 Å². The molecule has 1 aliphatic heterocycles. The summed E-state index contributed by atoms with van der Waals surface area (Å²) < 4.78 is 10.7. The van der Waals surface area contributed by atoms with Gasteiger partial charge in [0.1, 0.15) is 24.4 Å². The molecular weight excluding hydrogens is 256 g/mol. The number of aliphatic hydroxyl groups excluding tert-OH is 3. The zero-order valence-corrected chi connectivity index (χ0v) is 10.9. The van der Waals surface area contributed by atoms with E-state index >= 15 is 0 Å². The van der Waals surface area contributed by atoms with Crippen LogP contribution in [0, 0.1) is 0 Å². The van der Waals surface area contributed by atoms with E-state index in [0.717, 1.165) is 0 Å². The lowest BCUT2D eigenvalue weighted by atomic mass is 9.97. The van der Waals surface area contributed by atoms with Gasteiger partial charge >= 0.3 is 0 Å². The van der Waals surface area contributed by atoms with Crippen LogP contribution in [0.3, 0.4) is 0 Å². The second-order valence-electron chi connectivity index (χ2n) is 4.45. The van der Waals surface area contributed by atoms with Crippen LogP contribution < -0.4 is 11.1 Å². The Morgan fingerprint density at radius 1 is 1.42 bits per heavy atom. The monoisotopic (exact) mass is 278 g/mol. The first-order valence-corrected chi connectivity index (χ1v) is 6.22. The van der Waals surface area contributed by atoms with Crippen LogP contribution in [0.25, 0.3) is 0 Å². The fourth-order valence-corrected chi connectivity index (χ4v) is 1.90. The number of rotatable bonds is 6. The van der Waals surface area contributed by atoms with Gasteiger partial charge in [-0.1, -0.05) is 0 Å². The van der Waals surface area contributed by atoms with Gasteiger partial charge in [-0.05, 0) is 13.0 Å². The molecule has 0 aliphatic carbocycles. The normalized spacial score (nSPS) is 35.1. The van der Waals surface area contributed by atoms with E-state index in [1.165, 1.54) is 6.92 Å². The molecule has 1 rings (SSSR count). The van der Waals surface area contributed by atoms with Gasteiger partial charge in [0.25, 0.3) is 0 Å². The molecule has 112 valence electrons. The van der Waals surface area contributed by atoms with Crippen molar-refractivity contribution in [1.82, 2.24) is 5.32 Å². The summed E-state index contributed by atoms with van der Waals surface area (Å²) in [6.45, 7) is 1.56. The van der Waals surface area contributed by atoms with Crippen molar-refractivity contribution < 1.29 is 29.6 Å². The van der Waals surface area contributed by atoms with E-state index in [0.29, 0.717) is 13.0 Å². The summed E-state index contributed by atoms with van der Waals surface area (Å²) in [5, 5.41) is 31.3. The lowest BCUT2D eigenvalue weighted by Crippen LogP contribution is -2.64. The minimum absolute atomic E-state index is 0.290. The Hall–Kier alpha value is -0.770. The summed E-state index contributed by atoms with van der Waals surface area (Å²) in [6, 6.07) is -0.895. The van der Waals surface area contributed by atoms with E-state index in [-0.39, 0.29) is 12.5 Å². The number of carbonyl (C=O) groups is 1. The fourth-order valence-electron chi connectivity index (χ4n) is 1.90. The minimum Gasteiger partial charge on any atom is -0.394 e. The maximum Gasteiger partial charge on any atom is 0.217 e. The number of amides is 1. The SMILES string of the molecule is CC(=O)N[C@H]1[C@H](OCCCN)O[C@H](CO)[C@@H](O)[C@@H]1O. The van der Waals surface area contributed by atoms with E-state index in [9.17, 15) is 15.0 Å². The Morgan fingerprint density at radius 3 is 2.63 bits per heavy atom. The van der Waals surface area contributed by atoms with Gasteiger partial charge in [0.05, 0.1) is 13.2 Å². The Bertz CT molecular complexity index is 290. The molecule has 0 spiro atoms. The molecule has 19 heavy (non-hydrogen) atoms. The van der Waals surface area contributed by atoms with Crippen molar-refractivity contribution in [3.8, 4) is 0 Å². The minimum atomic E-state index is -1.30. The van der Waals surface area contributed by atoms with Crippen molar-refractivity contribution in [2.75, 3.05) is 19.8 Å². The summed E-state index contributed by atoms with van der Waals surface area (Å²) in [5.41, 5.74) is 5.34. The molecule has 0 saturated carbocycles. The van der Waals surface area contributed by atoms with Crippen LogP contribution in [0.2, 0.25) is 0 Å². The first-order valence-electron chi connectivity index (χ1n) is 6.22. The summed E-state index contributed by atoms with van der Waals surface area (Å²) in [5.74, 6) is -0.380. The Balaban J connectivity index is 2.71. The standard InChI is InChI=1S/C11H22N2O6/c1-6(15)13-8-10(17)9(16)7(5-14)19-11(8)18-4-2-3-12/h7-11,14,16-17H,2-5,12H2,1H3,(H,13,15)/t7-,8-,9-,10-,11-/m1/s1. The van der Waals surface area contributed by atoms with Crippen molar-refractivity contribution in [2.24, 2.45) is 5.73 Å². The third kappa shape index (κ3) is 4.37. The number of nitrogens with one attached hydrogen (secondary N) is 1. The Morgan fingerprint density at radius 2 is 2.11 bits per heavy atom. The first kappa shape index (κ1) is 16.3. The zero-order valence-electron chi connectivity index (χ0n) is 10.9. The molecule has 1 aliphatic rings. The third-order valence-electron chi connectivity index (χ3n) is 2.88. The predicted octanol–water partition coefficient (Wildman–Crippen LogP) is -2.70. The highest BCUT2D eigenvalue weighted by molar-refractivity contribution is 5.73. The van der Waals surface area contributed by atoms with Crippen molar-refractivity contribution in [2.45, 2.75) is 44.0 Å². The summed E-state index contributed by atoms with van der Waals surface area (Å²) in [6.07, 6.45) is -3.88. The average Bonchev–Trinajstić information content (AvgIpc) is 2.37. The maximum absolute atomic E-state index is 11.1. The molecule has 1 saturated heterocycles. The van der Waals surface area contributed by atoms with Gasteiger partial charge in [-0.2, -0.15) is 0 Å². The third-order valence-corrected chi connectivity index (χ3v) is 2.88. The van der Waals surface area contributed by atoms with Gasteiger partial charge in [-0.25, -0.2) is 0 Å². The number of hydrogen-bond acceptors (Lipinski definition) is 7. The van der Waals surface area contributed by atoms with Crippen LogP contribution in [-0.2, 0) is 14.3 Å². The number of carbonyl (C=O) groups excluding carboxylic acids is 1. The lowest BCUT2D eigenvalue weighted by Gasteiger charge is -2.42. The van der Waals surface area contributed by atoms with Gasteiger partial charge < -0.3 is 35.8 Å². The van der Waals surface area contributed by atoms with Crippen LogP contribution in [0.15, 0.2) is 0 Å². The van der Waals surface area contributed by atoms with Crippen molar-refractivity contribution in [3.63, 3.8) is 0 Å². The molecule has 0 aromatic rings. The lowest BCUT2D eigenvalue weighted by molar-refractivity contribution is -0.270. The Labute approximate surface area is 111 Å². The molecule has 0 bridgehead atoms. The summed E-state index contributed by atoms with van der Waals surface area (Å²) in [7, 11) is 0. The second kappa shape index (κ2) is 7.73. The molecule has 1 amide bonds. The molecule has 8 heteroatoms. The largest absolute Gasteiger partial charge is 0.394 e. The number of aliphatic hydroxyl groups is 3. The molecular formula is C11H22N2O6. The second-order valence-corrected chi connectivity index (χ2v) is 4.45. The number of hydrogen-bond donors (Lipinski definition) is 5. The van der Waals surface area contributed by atoms with Crippen LogP contribution in [0.1, 0.15) is 13.3 Å². The smallest absolute Gasteiger partial charge is 0.217 e. The maximum atomic E-state index is 11.1. The molecule has 0 aromatic carbocycles. The molecule has 0 unspecified atom stereocenters. The first-order chi connectivity index (χ1) is 9.01. The van der Waals surface area contributed by atoms with Gasteiger partial charge in [-0.3, -0.25) is 4.79 Å². The van der Waals surface area contributed by atoms with Crippen LogP contribution in [0.5, 0.6) is 0 Å². The Kier molecular flexibility index (Phi) is 6.63. The fraction of sp³-hybridized carbons (Fsp3) is 0.909. The van der Waals surface area contributed by atoms with Crippen molar-refractivity contribution in [3.05, 3.63) is 0 Å². The molecule has 1 fully saturated rings. The van der Waals surface area contributed by atoms with Gasteiger partial charge in [0.2, 0.25) is 5.91 Å². The van der Waals surface area contributed by atoms with Gasteiger partial charge in [-0.15, -0.1) is 0 Å². The van der Waals surface area contributed by atoms with Crippen LogP contribution in [0.4, 0.5) is 0 Å². The van der Waals surface area contributed by atoms with E-state index in [4.69, 9.17) is 20.3 Å². The molecule has 6 N–H and O–H groups in total. The van der Waals surface area contributed by atoms with E-state index in [1.807, 2.05) is 0 Å². The van der Waals surface area contributed by atoms with Gasteiger partial charge in [0, 0.05) is 6.92 Å². The van der Waals surface area contributed by atoms with Gasteiger partial charge in [0.15, 0.2) is 6.29 Å². The molecule has 0 radical (unpaired) electrons. The van der Waals surface area contributed by atoms with Crippen LogP contribution in [-0.4, -0.2) is 71.6 Å². The zero-order chi connectivity index (χ0) is 14.4. The van der Waals surface area contributed by atoms with Crippen LogP contribution >= 0.6 is 0 Å². The molecule has 1 heterocycles. The average molecular weight is 278 g/mol. The highest BCUT2D eigenvalue weighted by atomic mass is 16.7. The van der Waals surface area contributed by atoms with E-state index in [2.05, 4.69) is 5.32 Å². The summed E-state index contributed by atoms with van der Waals surface area (Å²) in [4.78, 5) is 11.1. The highest BCUT2D eigenvalue weighted by Crippen LogP contribution is 2.22. The summed E-state index contributed by atoms with van der Waals surface area (Å²) >= 11 is 0. The van der Waals surface area contributed by atoms with Crippen molar-refractivity contribution >= 4 is 5.91 Å². The molecule has 8 nitrogen and oxygen atoms in total. The van der Waals surface area contributed by atoms with E-state index in [1.54, 1.807) is 0 Å². The molecule has 5 atom stereocenters. The van der Waals surface area contributed by atoms with Crippen molar-refractivity contribution in [1.29, 1.82) is 0 Å². The number of ether oxygens (including phenoxy) is 2. The number of nitrogens with two attached hydrogens (primary N) is 1. The highest BCUT2D eigenvalue weighted by Gasteiger charge is 2.45. The topological polar surface area (TPSA) is 134 Å². The predicted molar refractivity (Wildman–Crippen MR) is 65.0 cm³/mol. The molecule has 0 aromatic heterocycles. The quantitative estimate of drug-likeness (QED) is 0.334.